The number of nitrogens with two attached hydrogens (primary N) is 1. The quantitative estimate of drug-likeness (QED) is 0.303. The monoisotopic (exact) mass is 269 g/mol. The molecular formula is C13H20FN3O2. The molecule has 1 unspecified atom stereocenters. The van der Waals surface area contributed by atoms with E-state index in [0.29, 0.717) is 25.3 Å². The average Bonchev–Trinajstić information content (AvgIpc) is 2.41. The zero-order chi connectivity index (χ0) is 14.3. The minimum Gasteiger partial charge on any atom is -0.409 e. The number of hydrogen-bond acceptors (Lipinski definition) is 4. The van der Waals surface area contributed by atoms with Crippen molar-refractivity contribution in [3.8, 4) is 0 Å². The molecule has 1 aromatic rings. The highest BCUT2D eigenvalue weighted by Gasteiger charge is 2.06. The molecule has 1 rings (SSSR count). The van der Waals surface area contributed by atoms with Gasteiger partial charge >= 0.3 is 0 Å². The first-order valence-corrected chi connectivity index (χ1v) is 6.15. The Bertz CT molecular complexity index is 438. The first-order valence-electron chi connectivity index (χ1n) is 6.15. The third kappa shape index (κ3) is 5.23. The fourth-order valence-electron chi connectivity index (χ4n) is 1.60. The first kappa shape index (κ1) is 15.4. The normalized spacial score (nSPS) is 13.5. The highest BCUT2D eigenvalue weighted by molar-refractivity contribution is 5.97. The van der Waals surface area contributed by atoms with E-state index in [9.17, 15) is 4.39 Å². The molecule has 106 valence electrons. The van der Waals surface area contributed by atoms with Crippen LogP contribution in [0.3, 0.4) is 0 Å². The van der Waals surface area contributed by atoms with Crippen molar-refractivity contribution in [1.82, 2.24) is 5.32 Å². The maximum Gasteiger partial charge on any atom is 0.170 e. The third-order valence-electron chi connectivity index (χ3n) is 2.59. The molecule has 0 heterocycles. The summed E-state index contributed by atoms with van der Waals surface area (Å²) in [6.45, 7) is 5.66. The number of benzene rings is 1. The maximum absolute atomic E-state index is 13.4. The molecule has 0 amide bonds. The molecule has 0 saturated heterocycles. The topological polar surface area (TPSA) is 79.9 Å². The van der Waals surface area contributed by atoms with Crippen LogP contribution in [0.5, 0.6) is 0 Å². The predicted molar refractivity (Wildman–Crippen MR) is 71.7 cm³/mol. The van der Waals surface area contributed by atoms with Crippen molar-refractivity contribution in [2.75, 3.05) is 13.2 Å². The van der Waals surface area contributed by atoms with E-state index in [1.54, 1.807) is 6.07 Å². The Balaban J connectivity index is 2.66. The highest BCUT2D eigenvalue weighted by atomic mass is 19.1. The Morgan fingerprint density at radius 3 is 2.89 bits per heavy atom. The summed E-state index contributed by atoms with van der Waals surface area (Å²) in [4.78, 5) is 0. The predicted octanol–water partition coefficient (Wildman–Crippen LogP) is 1.43. The number of hydrogen-bond donors (Lipinski definition) is 3. The molecule has 5 nitrogen and oxygen atoms in total. The average molecular weight is 269 g/mol. The molecular weight excluding hydrogens is 249 g/mol. The number of nitrogens with one attached hydrogen (secondary N) is 1. The van der Waals surface area contributed by atoms with Gasteiger partial charge in [0.25, 0.3) is 0 Å². The van der Waals surface area contributed by atoms with Gasteiger partial charge in [0.1, 0.15) is 5.82 Å². The smallest absolute Gasteiger partial charge is 0.170 e. The molecule has 1 atom stereocenters. The summed E-state index contributed by atoms with van der Waals surface area (Å²) in [5.41, 5.74) is 6.53. The van der Waals surface area contributed by atoms with Crippen LogP contribution in [0.1, 0.15) is 25.0 Å². The van der Waals surface area contributed by atoms with Crippen molar-refractivity contribution in [2.24, 2.45) is 10.9 Å². The molecule has 0 fully saturated rings. The van der Waals surface area contributed by atoms with E-state index in [4.69, 9.17) is 15.7 Å². The largest absolute Gasteiger partial charge is 0.409 e. The van der Waals surface area contributed by atoms with Gasteiger partial charge in [-0.1, -0.05) is 5.16 Å². The molecule has 0 spiro atoms. The lowest BCUT2D eigenvalue weighted by atomic mass is 10.1. The molecule has 0 aliphatic rings. The SMILES string of the molecule is CCOCC(C)NCc1cc(F)cc(/C(N)=N/O)c1. The second kappa shape index (κ2) is 7.70. The lowest BCUT2D eigenvalue weighted by Crippen LogP contribution is -2.30. The molecule has 0 aliphatic carbocycles. The van der Waals surface area contributed by atoms with Crippen LogP contribution in [0.2, 0.25) is 0 Å². The van der Waals surface area contributed by atoms with Crippen molar-refractivity contribution >= 4 is 5.84 Å². The van der Waals surface area contributed by atoms with Crippen LogP contribution in [0, 0.1) is 5.82 Å². The van der Waals surface area contributed by atoms with Gasteiger partial charge in [0.15, 0.2) is 5.84 Å². The number of oxime groups is 1. The fraction of sp³-hybridized carbons (Fsp3) is 0.462. The van der Waals surface area contributed by atoms with E-state index in [1.807, 2.05) is 13.8 Å². The third-order valence-corrected chi connectivity index (χ3v) is 2.59. The van der Waals surface area contributed by atoms with Crippen LogP contribution in [0.25, 0.3) is 0 Å². The molecule has 0 aromatic heterocycles. The van der Waals surface area contributed by atoms with Crippen LogP contribution in [-0.4, -0.2) is 30.3 Å². The van der Waals surface area contributed by atoms with Gasteiger partial charge in [-0.25, -0.2) is 4.39 Å². The van der Waals surface area contributed by atoms with Crippen LogP contribution >= 0.6 is 0 Å². The van der Waals surface area contributed by atoms with Crippen LogP contribution in [0.15, 0.2) is 23.4 Å². The van der Waals surface area contributed by atoms with Crippen LogP contribution in [0.4, 0.5) is 4.39 Å². The minimum absolute atomic E-state index is 0.108. The Morgan fingerprint density at radius 1 is 1.53 bits per heavy atom. The van der Waals surface area contributed by atoms with Gasteiger partial charge in [0.05, 0.1) is 6.61 Å². The molecule has 0 radical (unpaired) electrons. The summed E-state index contributed by atoms with van der Waals surface area (Å²) in [7, 11) is 0. The summed E-state index contributed by atoms with van der Waals surface area (Å²) in [5, 5.41) is 14.7. The number of rotatable bonds is 7. The summed E-state index contributed by atoms with van der Waals surface area (Å²) in [6, 6.07) is 4.48. The number of halogens is 1. The van der Waals surface area contributed by atoms with Crippen LogP contribution < -0.4 is 11.1 Å². The fourth-order valence-corrected chi connectivity index (χ4v) is 1.60. The van der Waals surface area contributed by atoms with Gasteiger partial charge < -0.3 is 21.0 Å². The number of nitrogens with zero attached hydrogens (tertiary/aromatic N) is 1. The molecule has 0 bridgehead atoms. The molecule has 0 aliphatic heterocycles. The van der Waals surface area contributed by atoms with E-state index in [2.05, 4.69) is 10.5 Å². The van der Waals surface area contributed by atoms with Crippen LogP contribution in [-0.2, 0) is 11.3 Å². The van der Waals surface area contributed by atoms with Gasteiger partial charge in [-0.2, -0.15) is 0 Å². The minimum atomic E-state index is -0.418. The van der Waals surface area contributed by atoms with Crippen molar-refractivity contribution in [3.05, 3.63) is 35.1 Å². The molecule has 1 aromatic carbocycles. The zero-order valence-electron chi connectivity index (χ0n) is 11.2. The maximum atomic E-state index is 13.4. The molecule has 4 N–H and O–H groups in total. The summed E-state index contributed by atoms with van der Waals surface area (Å²) >= 11 is 0. The van der Waals surface area contributed by atoms with Crippen molar-refractivity contribution in [3.63, 3.8) is 0 Å². The van der Waals surface area contributed by atoms with Gasteiger partial charge in [0.2, 0.25) is 0 Å². The summed E-state index contributed by atoms with van der Waals surface area (Å²) in [5.74, 6) is -0.526. The molecule has 0 saturated carbocycles. The zero-order valence-corrected chi connectivity index (χ0v) is 11.2. The highest BCUT2D eigenvalue weighted by Crippen LogP contribution is 2.09. The van der Waals surface area contributed by atoms with Crippen molar-refractivity contribution in [2.45, 2.75) is 26.4 Å². The number of ether oxygens (including phenoxy) is 1. The van der Waals surface area contributed by atoms with Gasteiger partial charge in [0, 0.05) is 24.8 Å². The lowest BCUT2D eigenvalue weighted by Gasteiger charge is -2.14. The Hall–Kier alpha value is -1.66. The summed E-state index contributed by atoms with van der Waals surface area (Å²) < 4.78 is 18.7. The van der Waals surface area contributed by atoms with E-state index >= 15 is 0 Å². The van der Waals surface area contributed by atoms with Crippen molar-refractivity contribution < 1.29 is 14.3 Å². The van der Waals surface area contributed by atoms with E-state index in [1.165, 1.54) is 12.1 Å². The standard InChI is InChI=1S/C13H20FN3O2/c1-3-19-8-9(2)16-7-10-4-11(13(15)17-18)6-12(14)5-10/h4-6,9,16,18H,3,7-8H2,1-2H3,(H2,15,17). The Morgan fingerprint density at radius 2 is 2.26 bits per heavy atom. The second-order valence-electron chi connectivity index (χ2n) is 4.27. The van der Waals surface area contributed by atoms with E-state index in [0.717, 1.165) is 5.56 Å². The van der Waals surface area contributed by atoms with E-state index < -0.39 is 5.82 Å². The first-order chi connectivity index (χ1) is 9.06. The second-order valence-corrected chi connectivity index (χ2v) is 4.27. The number of amidine groups is 1. The van der Waals surface area contributed by atoms with E-state index in [-0.39, 0.29) is 11.9 Å². The molecule has 6 heteroatoms. The van der Waals surface area contributed by atoms with Gasteiger partial charge in [-0.15, -0.1) is 0 Å². The van der Waals surface area contributed by atoms with Gasteiger partial charge in [-0.05, 0) is 37.6 Å². The molecule has 19 heavy (non-hydrogen) atoms. The Kier molecular flexibility index (Phi) is 6.24. The van der Waals surface area contributed by atoms with Gasteiger partial charge in [-0.3, -0.25) is 0 Å². The van der Waals surface area contributed by atoms with Crippen molar-refractivity contribution in [1.29, 1.82) is 0 Å². The lowest BCUT2D eigenvalue weighted by molar-refractivity contribution is 0.127. The summed E-state index contributed by atoms with van der Waals surface area (Å²) in [6.07, 6.45) is 0. The Labute approximate surface area is 112 Å².